The minimum atomic E-state index is -0.895. The Morgan fingerprint density at radius 3 is 2.62 bits per heavy atom. The van der Waals surface area contributed by atoms with Crippen LogP contribution in [0.15, 0.2) is 48.5 Å². The Bertz CT molecular complexity index is 1080. The number of carboxylic acids is 1. The van der Waals surface area contributed by atoms with Gasteiger partial charge in [0.2, 0.25) is 5.78 Å². The maximum Gasteiger partial charge on any atom is 0.309 e. The Balaban J connectivity index is 2.13. The molecule has 24 heavy (non-hydrogen) atoms. The fourth-order valence-electron chi connectivity index (χ4n) is 3.12. The number of carbonyl (C=O) groups is 1. The topological polar surface area (TPSA) is 59.5 Å². The van der Waals surface area contributed by atoms with Crippen molar-refractivity contribution in [1.82, 2.24) is 14.0 Å². The Kier molecular flexibility index (Phi) is 3.32. The van der Waals surface area contributed by atoms with Crippen LogP contribution in [-0.2, 0) is 18.3 Å². The van der Waals surface area contributed by atoms with Crippen LogP contribution in [0.25, 0.3) is 28.1 Å². The van der Waals surface area contributed by atoms with E-state index in [0.29, 0.717) is 22.2 Å². The molecule has 0 spiro atoms. The zero-order chi connectivity index (χ0) is 16.8. The van der Waals surface area contributed by atoms with Gasteiger partial charge in [0.05, 0.1) is 28.8 Å². The van der Waals surface area contributed by atoms with Crippen molar-refractivity contribution in [2.45, 2.75) is 6.42 Å². The Labute approximate surface area is 142 Å². The molecule has 1 N–H and O–H groups in total. The van der Waals surface area contributed by atoms with Gasteiger partial charge in [-0.2, -0.15) is 0 Å². The van der Waals surface area contributed by atoms with Gasteiger partial charge in [0.15, 0.2) is 0 Å². The van der Waals surface area contributed by atoms with Crippen LogP contribution in [0.3, 0.4) is 0 Å². The quantitative estimate of drug-likeness (QED) is 0.618. The van der Waals surface area contributed by atoms with Crippen molar-refractivity contribution >= 4 is 34.4 Å². The van der Waals surface area contributed by atoms with Gasteiger partial charge in [-0.05, 0) is 18.2 Å². The average Bonchev–Trinajstić information content (AvgIpc) is 3.05. The summed E-state index contributed by atoms with van der Waals surface area (Å²) in [6.07, 6.45) is -0.114. The van der Waals surface area contributed by atoms with Gasteiger partial charge >= 0.3 is 5.97 Å². The standard InChI is InChI=1S/C18H14ClN3O2/c1-21-13-8-7-12(19)9-14(13)22-15(10-16(23)24)17(20-18(21)22)11-5-3-2-4-6-11/h2-9H,10H2,1H3,(H,23,24). The lowest BCUT2D eigenvalue weighted by Gasteiger charge is -2.03. The molecule has 0 aliphatic carbocycles. The van der Waals surface area contributed by atoms with Gasteiger partial charge in [-0.15, -0.1) is 0 Å². The van der Waals surface area contributed by atoms with Gasteiger partial charge in [0, 0.05) is 17.6 Å². The second-order valence-corrected chi connectivity index (χ2v) is 6.11. The van der Waals surface area contributed by atoms with E-state index in [4.69, 9.17) is 16.6 Å². The van der Waals surface area contributed by atoms with Crippen LogP contribution in [-0.4, -0.2) is 25.0 Å². The van der Waals surface area contributed by atoms with Gasteiger partial charge in [0.1, 0.15) is 0 Å². The summed E-state index contributed by atoms with van der Waals surface area (Å²) in [7, 11) is 1.91. The number of aliphatic carboxylic acids is 1. The smallest absolute Gasteiger partial charge is 0.309 e. The van der Waals surface area contributed by atoms with Crippen molar-refractivity contribution < 1.29 is 9.90 Å². The third-order valence-electron chi connectivity index (χ3n) is 4.16. The minimum absolute atomic E-state index is 0.114. The van der Waals surface area contributed by atoms with E-state index in [2.05, 4.69) is 0 Å². The molecule has 0 atom stereocenters. The van der Waals surface area contributed by atoms with Crippen LogP contribution < -0.4 is 0 Å². The highest BCUT2D eigenvalue weighted by Crippen LogP contribution is 2.30. The predicted molar refractivity (Wildman–Crippen MR) is 93.5 cm³/mol. The SMILES string of the molecule is Cn1c2ccc(Cl)cc2n2c(CC(=O)O)c(-c3ccccc3)nc12. The van der Waals surface area contributed by atoms with Gasteiger partial charge < -0.3 is 9.67 Å². The van der Waals surface area contributed by atoms with Gasteiger partial charge in [-0.1, -0.05) is 41.9 Å². The zero-order valence-electron chi connectivity index (χ0n) is 12.9. The van der Waals surface area contributed by atoms with Crippen LogP contribution in [0.1, 0.15) is 5.69 Å². The Morgan fingerprint density at radius 2 is 1.92 bits per heavy atom. The molecule has 2 heterocycles. The number of aryl methyl sites for hydroxylation is 1. The van der Waals surface area contributed by atoms with Gasteiger partial charge in [0.25, 0.3) is 0 Å². The highest BCUT2D eigenvalue weighted by Gasteiger charge is 2.21. The average molecular weight is 340 g/mol. The molecule has 5 nitrogen and oxygen atoms in total. The van der Waals surface area contributed by atoms with E-state index in [1.165, 1.54) is 0 Å². The fraction of sp³-hybridized carbons (Fsp3) is 0.111. The maximum absolute atomic E-state index is 11.4. The first-order valence-electron chi connectivity index (χ1n) is 7.48. The Morgan fingerprint density at radius 1 is 1.17 bits per heavy atom. The number of halogens is 1. The maximum atomic E-state index is 11.4. The highest BCUT2D eigenvalue weighted by molar-refractivity contribution is 6.31. The molecule has 2 aromatic heterocycles. The molecule has 120 valence electrons. The highest BCUT2D eigenvalue weighted by atomic mass is 35.5. The van der Waals surface area contributed by atoms with E-state index >= 15 is 0 Å². The Hall–Kier alpha value is -2.79. The third kappa shape index (κ3) is 2.17. The van der Waals surface area contributed by atoms with Crippen molar-refractivity contribution in [3.8, 4) is 11.3 Å². The van der Waals surface area contributed by atoms with Crippen LogP contribution >= 0.6 is 11.6 Å². The molecule has 0 aliphatic heterocycles. The molecule has 0 saturated carbocycles. The second-order valence-electron chi connectivity index (χ2n) is 5.67. The summed E-state index contributed by atoms with van der Waals surface area (Å²) >= 11 is 6.15. The van der Waals surface area contributed by atoms with E-state index in [9.17, 15) is 9.90 Å². The number of benzene rings is 2. The van der Waals surface area contributed by atoms with Crippen LogP contribution in [0.4, 0.5) is 0 Å². The molecule has 0 saturated heterocycles. The summed E-state index contributed by atoms with van der Waals surface area (Å²) in [5.41, 5.74) is 4.04. The predicted octanol–water partition coefficient (Wildman–Crippen LogP) is 3.77. The normalized spacial score (nSPS) is 11.4. The van der Waals surface area contributed by atoms with E-state index in [0.717, 1.165) is 16.6 Å². The molecule has 0 amide bonds. The van der Waals surface area contributed by atoms with Crippen molar-refractivity contribution in [2.24, 2.45) is 7.05 Å². The largest absolute Gasteiger partial charge is 0.481 e. The summed E-state index contributed by atoms with van der Waals surface area (Å²) in [6, 6.07) is 15.2. The first kappa shape index (κ1) is 14.8. The molecular formula is C18H14ClN3O2. The summed E-state index contributed by atoms with van der Waals surface area (Å²) < 4.78 is 3.83. The molecule has 0 unspecified atom stereocenters. The number of hydrogen-bond acceptors (Lipinski definition) is 2. The lowest BCUT2D eigenvalue weighted by molar-refractivity contribution is -0.136. The number of hydrogen-bond donors (Lipinski definition) is 1. The summed E-state index contributed by atoms with van der Waals surface area (Å²) in [4.78, 5) is 16.2. The fourth-order valence-corrected chi connectivity index (χ4v) is 3.29. The number of imidazole rings is 2. The minimum Gasteiger partial charge on any atom is -0.481 e. The number of rotatable bonds is 3. The number of carboxylic acid groups (broad SMARTS) is 1. The summed E-state index contributed by atoms with van der Waals surface area (Å²) in [6.45, 7) is 0. The number of nitrogens with zero attached hydrogens (tertiary/aromatic N) is 3. The summed E-state index contributed by atoms with van der Waals surface area (Å²) in [5, 5.41) is 9.98. The number of fused-ring (bicyclic) bond motifs is 3. The molecular weight excluding hydrogens is 326 g/mol. The van der Waals surface area contributed by atoms with Crippen LogP contribution in [0.5, 0.6) is 0 Å². The van der Waals surface area contributed by atoms with Crippen molar-refractivity contribution in [3.05, 3.63) is 59.2 Å². The van der Waals surface area contributed by atoms with Crippen molar-refractivity contribution in [1.29, 1.82) is 0 Å². The molecule has 2 aromatic carbocycles. The molecule has 0 aliphatic rings. The van der Waals surface area contributed by atoms with E-state index in [-0.39, 0.29) is 6.42 Å². The van der Waals surface area contributed by atoms with Gasteiger partial charge in [-0.25, -0.2) is 4.98 Å². The molecule has 6 heteroatoms. The molecule has 4 aromatic rings. The van der Waals surface area contributed by atoms with Crippen molar-refractivity contribution in [2.75, 3.05) is 0 Å². The van der Waals surface area contributed by atoms with Crippen LogP contribution in [0.2, 0.25) is 5.02 Å². The third-order valence-corrected chi connectivity index (χ3v) is 4.40. The molecule has 0 radical (unpaired) electrons. The second kappa shape index (κ2) is 5.39. The number of aromatic nitrogens is 3. The lowest BCUT2D eigenvalue weighted by atomic mass is 10.1. The molecule has 4 rings (SSSR count). The monoisotopic (exact) mass is 339 g/mol. The first-order valence-corrected chi connectivity index (χ1v) is 7.86. The lowest BCUT2D eigenvalue weighted by Crippen LogP contribution is -2.04. The van der Waals surface area contributed by atoms with E-state index in [1.54, 1.807) is 0 Å². The molecule has 0 fully saturated rings. The van der Waals surface area contributed by atoms with Gasteiger partial charge in [-0.3, -0.25) is 9.20 Å². The van der Waals surface area contributed by atoms with E-state index in [1.807, 2.05) is 64.5 Å². The van der Waals surface area contributed by atoms with Crippen LogP contribution in [0, 0.1) is 0 Å². The van der Waals surface area contributed by atoms with E-state index < -0.39 is 5.97 Å². The van der Waals surface area contributed by atoms with Crippen molar-refractivity contribution in [3.63, 3.8) is 0 Å². The first-order chi connectivity index (χ1) is 11.6. The molecule has 0 bridgehead atoms. The summed E-state index contributed by atoms with van der Waals surface area (Å²) in [5.74, 6) is -0.199. The zero-order valence-corrected chi connectivity index (χ0v) is 13.7.